The fraction of sp³-hybridized carbons (Fsp3) is 0.273. The summed E-state index contributed by atoms with van der Waals surface area (Å²) in [6.07, 6.45) is 0. The Morgan fingerprint density at radius 1 is 1.40 bits per heavy atom. The third-order valence-electron chi connectivity index (χ3n) is 2.29. The fourth-order valence-electron chi connectivity index (χ4n) is 1.38. The molecule has 2 rings (SSSR count). The van der Waals surface area contributed by atoms with Crippen molar-refractivity contribution in [3.05, 3.63) is 29.8 Å². The van der Waals surface area contributed by atoms with Gasteiger partial charge in [-0.1, -0.05) is 23.5 Å². The monoisotopic (exact) mass is 221 g/mol. The molecule has 0 bridgehead atoms. The van der Waals surface area contributed by atoms with E-state index in [9.17, 15) is 4.79 Å². The molecule has 0 aliphatic rings. The molecule has 3 nitrogen and oxygen atoms in total. The van der Waals surface area contributed by atoms with Crippen LogP contribution in [0.25, 0.3) is 10.2 Å². The summed E-state index contributed by atoms with van der Waals surface area (Å²) in [5, 5.41) is 0. The van der Waals surface area contributed by atoms with Crippen molar-refractivity contribution < 1.29 is 9.36 Å². The molecule has 0 aliphatic carbocycles. The Hall–Kier alpha value is -1.42. The van der Waals surface area contributed by atoms with Crippen molar-refractivity contribution in [2.24, 2.45) is 0 Å². The number of aromatic nitrogens is 1. The van der Waals surface area contributed by atoms with Crippen LogP contribution in [0.4, 0.5) is 0 Å². The predicted octanol–water partition coefficient (Wildman–Crippen LogP) is 1.28. The maximum Gasteiger partial charge on any atom is 0.288 e. The normalized spacial score (nSPS) is 10.5. The van der Waals surface area contributed by atoms with Gasteiger partial charge < -0.3 is 4.90 Å². The molecule has 2 aromatic rings. The third kappa shape index (κ3) is 1.99. The van der Waals surface area contributed by atoms with E-state index in [0.29, 0.717) is 6.54 Å². The number of fused-ring (bicyclic) bond motifs is 1. The molecule has 1 aromatic heterocycles. The lowest BCUT2D eigenvalue weighted by molar-refractivity contribution is -0.654. The molecular formula is C11H13N2OS+. The molecule has 0 saturated heterocycles. The molecule has 0 fully saturated rings. The molecule has 15 heavy (non-hydrogen) atoms. The second kappa shape index (κ2) is 3.98. The van der Waals surface area contributed by atoms with Crippen molar-refractivity contribution in [2.75, 3.05) is 14.1 Å². The van der Waals surface area contributed by atoms with Crippen LogP contribution < -0.4 is 4.57 Å². The maximum absolute atomic E-state index is 11.6. The number of carbonyl (C=O) groups excluding carboxylic acids is 1. The number of hydrogen-bond acceptors (Lipinski definition) is 2. The van der Waals surface area contributed by atoms with E-state index in [-0.39, 0.29) is 5.91 Å². The van der Waals surface area contributed by atoms with Gasteiger partial charge in [0.2, 0.25) is 17.6 Å². The molecule has 0 saturated carbocycles. The Bertz CT molecular complexity index is 490. The highest BCUT2D eigenvalue weighted by Crippen LogP contribution is 2.14. The van der Waals surface area contributed by atoms with Gasteiger partial charge >= 0.3 is 0 Å². The number of benzene rings is 1. The van der Waals surface area contributed by atoms with Gasteiger partial charge in [0.25, 0.3) is 5.91 Å². The van der Waals surface area contributed by atoms with Gasteiger partial charge in [-0.15, -0.1) is 0 Å². The molecule has 4 heteroatoms. The van der Waals surface area contributed by atoms with E-state index in [0.717, 1.165) is 5.52 Å². The largest absolute Gasteiger partial charge is 0.343 e. The molecule has 1 aromatic carbocycles. The Balaban J connectivity index is 2.33. The lowest BCUT2D eigenvalue weighted by Gasteiger charge is -2.05. The van der Waals surface area contributed by atoms with Crippen molar-refractivity contribution in [1.29, 1.82) is 0 Å². The Morgan fingerprint density at radius 2 is 2.13 bits per heavy atom. The quantitative estimate of drug-likeness (QED) is 0.701. The molecule has 0 atom stereocenters. The molecule has 1 amide bonds. The van der Waals surface area contributed by atoms with Gasteiger partial charge in [-0.05, 0) is 6.07 Å². The number of para-hydroxylation sites is 1. The van der Waals surface area contributed by atoms with Gasteiger partial charge in [0.05, 0.1) is 0 Å². The van der Waals surface area contributed by atoms with Crippen LogP contribution in [0.1, 0.15) is 0 Å². The van der Waals surface area contributed by atoms with Crippen molar-refractivity contribution in [3.8, 4) is 0 Å². The van der Waals surface area contributed by atoms with Crippen LogP contribution in [-0.4, -0.2) is 24.9 Å². The molecule has 0 radical (unpaired) electrons. The topological polar surface area (TPSA) is 24.2 Å². The number of carbonyl (C=O) groups is 1. The summed E-state index contributed by atoms with van der Waals surface area (Å²) in [5.41, 5.74) is 3.12. The lowest BCUT2D eigenvalue weighted by Crippen LogP contribution is -2.41. The number of likely N-dealkylation sites (N-methyl/N-ethyl adjacent to an activating group) is 1. The smallest absolute Gasteiger partial charge is 0.288 e. The Morgan fingerprint density at radius 3 is 2.87 bits per heavy atom. The summed E-state index contributed by atoms with van der Waals surface area (Å²) < 4.78 is 3.20. The highest BCUT2D eigenvalue weighted by atomic mass is 32.1. The Kier molecular flexibility index (Phi) is 2.68. The fourth-order valence-corrected chi connectivity index (χ4v) is 2.27. The van der Waals surface area contributed by atoms with Crippen molar-refractivity contribution >= 4 is 27.5 Å². The number of amides is 1. The van der Waals surface area contributed by atoms with Gasteiger partial charge in [0.15, 0.2) is 0 Å². The SMILES string of the molecule is CN(C)C(=O)C[n+]1csc2ccccc21. The minimum Gasteiger partial charge on any atom is -0.343 e. The maximum atomic E-state index is 11.6. The highest BCUT2D eigenvalue weighted by Gasteiger charge is 2.16. The highest BCUT2D eigenvalue weighted by molar-refractivity contribution is 7.16. The number of nitrogens with zero attached hydrogens (tertiary/aromatic N) is 2. The number of thiazole rings is 1. The molecule has 78 valence electrons. The van der Waals surface area contributed by atoms with Crippen LogP contribution in [0.2, 0.25) is 0 Å². The number of rotatable bonds is 2. The average Bonchev–Trinajstić information content (AvgIpc) is 2.62. The van der Waals surface area contributed by atoms with Crippen LogP contribution in [0, 0.1) is 0 Å². The van der Waals surface area contributed by atoms with Gasteiger partial charge in [-0.2, -0.15) is 4.57 Å². The first-order valence-corrected chi connectivity index (χ1v) is 5.62. The van der Waals surface area contributed by atoms with Crippen LogP contribution >= 0.6 is 11.3 Å². The average molecular weight is 221 g/mol. The van der Waals surface area contributed by atoms with Crippen molar-refractivity contribution in [2.45, 2.75) is 6.54 Å². The summed E-state index contributed by atoms with van der Waals surface area (Å²) in [4.78, 5) is 13.2. The Labute approximate surface area is 92.6 Å². The van der Waals surface area contributed by atoms with Crippen molar-refractivity contribution in [3.63, 3.8) is 0 Å². The second-order valence-corrected chi connectivity index (χ2v) is 4.49. The van der Waals surface area contributed by atoms with Crippen LogP contribution in [0.15, 0.2) is 29.8 Å². The zero-order valence-electron chi connectivity index (χ0n) is 8.80. The summed E-state index contributed by atoms with van der Waals surface area (Å²) in [7, 11) is 3.55. The summed E-state index contributed by atoms with van der Waals surface area (Å²) in [6.45, 7) is 0.414. The third-order valence-corrected chi connectivity index (χ3v) is 3.25. The van der Waals surface area contributed by atoms with E-state index in [2.05, 4.69) is 6.07 Å². The predicted molar refractivity (Wildman–Crippen MR) is 60.7 cm³/mol. The number of hydrogen-bond donors (Lipinski definition) is 0. The molecule has 0 spiro atoms. The first-order chi connectivity index (χ1) is 7.18. The summed E-state index contributed by atoms with van der Waals surface area (Å²) in [6, 6.07) is 8.11. The van der Waals surface area contributed by atoms with E-state index in [1.165, 1.54) is 4.70 Å². The van der Waals surface area contributed by atoms with E-state index in [4.69, 9.17) is 0 Å². The van der Waals surface area contributed by atoms with Crippen LogP contribution in [0.5, 0.6) is 0 Å². The second-order valence-electron chi connectivity index (χ2n) is 3.61. The lowest BCUT2D eigenvalue weighted by atomic mass is 10.3. The standard InChI is InChI=1S/C11H13N2OS/c1-12(2)11(14)7-13-8-15-10-6-4-3-5-9(10)13/h3-6,8H,7H2,1-2H3/q+1. The zero-order chi connectivity index (χ0) is 10.8. The molecule has 0 N–H and O–H groups in total. The molecular weight excluding hydrogens is 208 g/mol. The first kappa shape index (κ1) is 10.1. The van der Waals surface area contributed by atoms with E-state index in [1.807, 2.05) is 28.3 Å². The molecule has 0 aliphatic heterocycles. The van der Waals surface area contributed by atoms with Gasteiger partial charge in [-0.3, -0.25) is 4.79 Å². The van der Waals surface area contributed by atoms with Crippen molar-refractivity contribution in [1.82, 2.24) is 4.90 Å². The zero-order valence-corrected chi connectivity index (χ0v) is 9.62. The van der Waals surface area contributed by atoms with E-state index < -0.39 is 0 Å². The summed E-state index contributed by atoms with van der Waals surface area (Å²) >= 11 is 1.66. The van der Waals surface area contributed by atoms with Crippen LogP contribution in [0.3, 0.4) is 0 Å². The minimum atomic E-state index is 0.114. The van der Waals surface area contributed by atoms with Gasteiger partial charge in [0, 0.05) is 20.2 Å². The first-order valence-electron chi connectivity index (χ1n) is 4.74. The van der Waals surface area contributed by atoms with E-state index >= 15 is 0 Å². The minimum absolute atomic E-state index is 0.114. The van der Waals surface area contributed by atoms with Gasteiger partial charge in [-0.25, -0.2) is 0 Å². The molecule has 0 unspecified atom stereocenters. The molecule has 1 heterocycles. The van der Waals surface area contributed by atoms with E-state index in [1.54, 1.807) is 30.3 Å². The van der Waals surface area contributed by atoms with Crippen LogP contribution in [-0.2, 0) is 11.3 Å². The summed E-state index contributed by atoms with van der Waals surface area (Å²) in [5.74, 6) is 0.114. The van der Waals surface area contributed by atoms with Gasteiger partial charge in [0.1, 0.15) is 4.70 Å².